The smallest absolute Gasteiger partial charge is 0.328 e. The Labute approximate surface area is 156 Å². The van der Waals surface area contributed by atoms with Crippen LogP contribution in [0.25, 0.3) is 0 Å². The summed E-state index contributed by atoms with van der Waals surface area (Å²) in [6, 6.07) is 8.45. The zero-order valence-electron chi connectivity index (χ0n) is 14.7. The fraction of sp³-hybridized carbons (Fsp3) is 0.500. The van der Waals surface area contributed by atoms with Crippen LogP contribution in [0.2, 0.25) is 0 Å². The van der Waals surface area contributed by atoms with Crippen molar-refractivity contribution in [3.8, 4) is 0 Å². The lowest BCUT2D eigenvalue weighted by Gasteiger charge is -2.29. The van der Waals surface area contributed by atoms with E-state index in [-0.39, 0.29) is 24.8 Å². The second kappa shape index (κ2) is 10.9. The number of amides is 1. The topological polar surface area (TPSA) is 72.9 Å². The number of alkyl halides is 1. The van der Waals surface area contributed by atoms with Crippen molar-refractivity contribution >= 4 is 33.8 Å². The average Bonchev–Trinajstić information content (AvgIpc) is 2.63. The fourth-order valence-electron chi connectivity index (χ4n) is 2.33. The summed E-state index contributed by atoms with van der Waals surface area (Å²) < 4.78 is 9.64. The Hall–Kier alpha value is -1.89. The summed E-state index contributed by atoms with van der Waals surface area (Å²) in [7, 11) is 1.28. The Bertz CT molecular complexity index is 578. The van der Waals surface area contributed by atoms with Gasteiger partial charge in [0.25, 0.3) is 0 Å². The summed E-state index contributed by atoms with van der Waals surface area (Å²) in [4.78, 5) is 37.1. The lowest BCUT2D eigenvalue weighted by Crippen LogP contribution is -2.45. The maximum atomic E-state index is 12.9. The molecule has 0 aliphatic rings. The minimum atomic E-state index is -0.747. The summed E-state index contributed by atoms with van der Waals surface area (Å²) >= 11 is 3.40. The molecule has 0 bridgehead atoms. The minimum Gasteiger partial charge on any atom is -0.467 e. The predicted octanol–water partition coefficient (Wildman–Crippen LogP) is 2.86. The summed E-state index contributed by atoms with van der Waals surface area (Å²) in [6.45, 7) is 3.92. The lowest BCUT2D eigenvalue weighted by atomic mass is 10.1. The number of esters is 2. The third-order valence-corrected chi connectivity index (χ3v) is 4.61. The number of carbonyl (C=O) groups excluding carboxylic acids is 3. The van der Waals surface area contributed by atoms with E-state index in [0.29, 0.717) is 13.0 Å². The molecule has 1 unspecified atom stereocenters. The highest BCUT2D eigenvalue weighted by molar-refractivity contribution is 9.09. The molecule has 0 saturated heterocycles. The predicted molar refractivity (Wildman–Crippen MR) is 97.2 cm³/mol. The molecule has 7 heteroatoms. The van der Waals surface area contributed by atoms with Crippen molar-refractivity contribution in [3.05, 3.63) is 35.9 Å². The Morgan fingerprint density at radius 3 is 2.40 bits per heavy atom. The Morgan fingerprint density at radius 2 is 1.84 bits per heavy atom. The number of ether oxygens (including phenoxy) is 2. The fourth-order valence-corrected chi connectivity index (χ4v) is 2.90. The van der Waals surface area contributed by atoms with Gasteiger partial charge in [-0.3, -0.25) is 9.59 Å². The molecule has 0 aliphatic carbocycles. The lowest BCUT2D eigenvalue weighted by molar-refractivity contribution is -0.152. The third kappa shape index (κ3) is 6.49. The van der Waals surface area contributed by atoms with Crippen LogP contribution in [0.5, 0.6) is 0 Å². The quantitative estimate of drug-likeness (QED) is 0.459. The molecule has 0 fully saturated rings. The van der Waals surface area contributed by atoms with E-state index in [1.165, 1.54) is 12.0 Å². The Balaban J connectivity index is 2.84. The van der Waals surface area contributed by atoms with Crippen LogP contribution in [0.3, 0.4) is 0 Å². The molecule has 0 heterocycles. The van der Waals surface area contributed by atoms with E-state index < -0.39 is 16.8 Å². The molecular weight excluding hydrogens is 390 g/mol. The standard InChI is InChI=1S/C18H24BrNO5/c1-4-25-15(21)11-8-12-20(13(2)18(23)24-3)17(22)16(19)14-9-6-5-7-10-14/h5-7,9-10,13,16H,4,8,11-12H2,1-3H3/t13-,16?/m0/s1. The van der Waals surface area contributed by atoms with Crippen molar-refractivity contribution in [2.24, 2.45) is 0 Å². The number of methoxy groups -OCH3 is 1. The summed E-state index contributed by atoms with van der Waals surface area (Å²) in [6.07, 6.45) is 0.588. The Kier molecular flexibility index (Phi) is 9.20. The largest absolute Gasteiger partial charge is 0.467 e. The van der Waals surface area contributed by atoms with Crippen molar-refractivity contribution in [2.75, 3.05) is 20.3 Å². The molecule has 6 nitrogen and oxygen atoms in total. The van der Waals surface area contributed by atoms with Gasteiger partial charge in [0.05, 0.1) is 13.7 Å². The van der Waals surface area contributed by atoms with Gasteiger partial charge in [0.15, 0.2) is 0 Å². The summed E-state index contributed by atoms with van der Waals surface area (Å²) in [5.41, 5.74) is 0.792. The number of carbonyl (C=O) groups is 3. The van der Waals surface area contributed by atoms with Crippen LogP contribution in [0, 0.1) is 0 Å². The van der Waals surface area contributed by atoms with Crippen LogP contribution in [0.4, 0.5) is 0 Å². The van der Waals surface area contributed by atoms with Gasteiger partial charge < -0.3 is 14.4 Å². The van der Waals surface area contributed by atoms with Gasteiger partial charge in [0.1, 0.15) is 10.9 Å². The van der Waals surface area contributed by atoms with E-state index in [9.17, 15) is 14.4 Å². The van der Waals surface area contributed by atoms with Crippen LogP contribution in [-0.4, -0.2) is 49.0 Å². The monoisotopic (exact) mass is 413 g/mol. The van der Waals surface area contributed by atoms with Gasteiger partial charge in [-0.05, 0) is 25.8 Å². The van der Waals surface area contributed by atoms with Gasteiger partial charge in [0, 0.05) is 13.0 Å². The van der Waals surface area contributed by atoms with E-state index >= 15 is 0 Å². The van der Waals surface area contributed by atoms with Gasteiger partial charge in [-0.2, -0.15) is 0 Å². The SMILES string of the molecule is CCOC(=O)CCCN(C(=O)C(Br)c1ccccc1)[C@@H](C)C(=O)OC. The van der Waals surface area contributed by atoms with Gasteiger partial charge in [-0.15, -0.1) is 0 Å². The van der Waals surface area contributed by atoms with E-state index in [4.69, 9.17) is 9.47 Å². The van der Waals surface area contributed by atoms with Gasteiger partial charge in [-0.1, -0.05) is 46.3 Å². The first kappa shape index (κ1) is 21.2. The highest BCUT2D eigenvalue weighted by Gasteiger charge is 2.31. The van der Waals surface area contributed by atoms with Crippen molar-refractivity contribution < 1.29 is 23.9 Å². The van der Waals surface area contributed by atoms with Crippen molar-refractivity contribution in [1.82, 2.24) is 4.90 Å². The molecule has 1 amide bonds. The zero-order chi connectivity index (χ0) is 18.8. The molecule has 1 aromatic carbocycles. The first-order chi connectivity index (χ1) is 11.9. The summed E-state index contributed by atoms with van der Waals surface area (Å²) in [5, 5.41) is 0. The second-order valence-electron chi connectivity index (χ2n) is 5.41. The molecule has 0 aliphatic heterocycles. The molecule has 0 aromatic heterocycles. The zero-order valence-corrected chi connectivity index (χ0v) is 16.3. The first-order valence-electron chi connectivity index (χ1n) is 8.15. The molecule has 138 valence electrons. The normalized spacial score (nSPS) is 12.8. The van der Waals surface area contributed by atoms with Crippen LogP contribution in [0.15, 0.2) is 30.3 Å². The number of hydrogen-bond donors (Lipinski definition) is 0. The number of hydrogen-bond acceptors (Lipinski definition) is 5. The van der Waals surface area contributed by atoms with Crippen LogP contribution in [0.1, 0.15) is 37.1 Å². The Morgan fingerprint density at radius 1 is 1.20 bits per heavy atom. The number of benzene rings is 1. The highest BCUT2D eigenvalue weighted by Crippen LogP contribution is 2.26. The van der Waals surface area contributed by atoms with Gasteiger partial charge >= 0.3 is 11.9 Å². The van der Waals surface area contributed by atoms with E-state index in [2.05, 4.69) is 15.9 Å². The van der Waals surface area contributed by atoms with Crippen LogP contribution < -0.4 is 0 Å². The van der Waals surface area contributed by atoms with E-state index in [1.54, 1.807) is 13.8 Å². The molecule has 0 saturated carbocycles. The second-order valence-corrected chi connectivity index (χ2v) is 6.33. The van der Waals surface area contributed by atoms with Crippen molar-refractivity contribution in [1.29, 1.82) is 0 Å². The molecule has 0 N–H and O–H groups in total. The van der Waals surface area contributed by atoms with Crippen LogP contribution in [-0.2, 0) is 23.9 Å². The van der Waals surface area contributed by atoms with Gasteiger partial charge in [0.2, 0.25) is 5.91 Å². The maximum absolute atomic E-state index is 12.9. The molecule has 2 atom stereocenters. The first-order valence-corrected chi connectivity index (χ1v) is 9.06. The molecular formula is C18H24BrNO5. The van der Waals surface area contributed by atoms with Crippen molar-refractivity contribution in [2.45, 2.75) is 37.6 Å². The number of nitrogens with zero attached hydrogens (tertiary/aromatic N) is 1. The minimum absolute atomic E-state index is 0.184. The third-order valence-electron chi connectivity index (χ3n) is 3.69. The summed E-state index contributed by atoms with van der Waals surface area (Å²) in [5.74, 6) is -1.08. The average molecular weight is 414 g/mol. The molecule has 1 rings (SSSR count). The maximum Gasteiger partial charge on any atom is 0.328 e. The number of rotatable bonds is 9. The molecule has 1 aromatic rings. The van der Waals surface area contributed by atoms with Crippen LogP contribution >= 0.6 is 15.9 Å². The van der Waals surface area contributed by atoms with Gasteiger partial charge in [-0.25, -0.2) is 4.79 Å². The van der Waals surface area contributed by atoms with Crippen molar-refractivity contribution in [3.63, 3.8) is 0 Å². The van der Waals surface area contributed by atoms with E-state index in [0.717, 1.165) is 5.56 Å². The highest BCUT2D eigenvalue weighted by atomic mass is 79.9. The van der Waals surface area contributed by atoms with E-state index in [1.807, 2.05) is 30.3 Å². The number of halogens is 1. The molecule has 0 radical (unpaired) electrons. The molecule has 25 heavy (non-hydrogen) atoms. The molecule has 0 spiro atoms.